The second-order valence-electron chi connectivity index (χ2n) is 6.64. The highest BCUT2D eigenvalue weighted by Crippen LogP contribution is 2.20. The highest BCUT2D eigenvalue weighted by atomic mass is 16.5. The fourth-order valence-corrected chi connectivity index (χ4v) is 3.28. The van der Waals surface area contributed by atoms with Gasteiger partial charge in [0, 0.05) is 31.4 Å². The van der Waals surface area contributed by atoms with E-state index in [1.165, 1.54) is 10.9 Å². The number of fused-ring (bicyclic) bond motifs is 1. The lowest BCUT2D eigenvalue weighted by atomic mass is 10.1. The van der Waals surface area contributed by atoms with Crippen LogP contribution < -0.4 is 0 Å². The molecule has 146 valence electrons. The molecule has 0 atom stereocenters. The van der Waals surface area contributed by atoms with E-state index in [1.54, 1.807) is 14.0 Å². The van der Waals surface area contributed by atoms with Crippen LogP contribution in [0.15, 0.2) is 61.1 Å². The predicted octanol–water partition coefficient (Wildman–Crippen LogP) is 3.34. The third-order valence-electron chi connectivity index (χ3n) is 4.66. The smallest absolute Gasteiger partial charge is 0.342 e. The van der Waals surface area contributed by atoms with Crippen molar-refractivity contribution in [1.29, 1.82) is 0 Å². The highest BCUT2D eigenvalue weighted by Gasteiger charge is 2.23. The number of hydrogen-bond acceptors (Lipinski definition) is 5. The number of ether oxygens (including phenoxy) is 1. The molecule has 0 spiro atoms. The lowest BCUT2D eigenvalue weighted by molar-refractivity contribution is 0.0522. The number of nitrogens with zero attached hydrogens (tertiary/aromatic N) is 4. The van der Waals surface area contributed by atoms with Crippen LogP contribution >= 0.6 is 0 Å². The van der Waals surface area contributed by atoms with Gasteiger partial charge in [0.25, 0.3) is 0 Å². The van der Waals surface area contributed by atoms with Crippen molar-refractivity contribution in [3.63, 3.8) is 0 Å². The summed E-state index contributed by atoms with van der Waals surface area (Å²) in [4.78, 5) is 29.7. The summed E-state index contributed by atoms with van der Waals surface area (Å²) in [6, 6.07) is 13.7. The van der Waals surface area contributed by atoms with Crippen LogP contribution in [0, 0.1) is 0 Å². The standard InChI is InChI=1S/C22H20N4O3/c1-3-29-22(28)17-13-23-25(2)21(17)19(27)11-15-9-10-26-14-18(24-20(26)12-15)16-7-5-4-6-8-16/h4-10,12-14H,3,11H2,1-2H3. The average molecular weight is 388 g/mol. The number of aromatic nitrogens is 4. The third kappa shape index (κ3) is 3.67. The van der Waals surface area contributed by atoms with E-state index in [-0.39, 0.29) is 30.1 Å². The first-order valence-corrected chi connectivity index (χ1v) is 9.32. The summed E-state index contributed by atoms with van der Waals surface area (Å²) in [5.41, 5.74) is 3.89. The van der Waals surface area contributed by atoms with E-state index >= 15 is 0 Å². The minimum absolute atomic E-state index is 0.135. The van der Waals surface area contributed by atoms with Crippen molar-refractivity contribution in [2.45, 2.75) is 13.3 Å². The molecule has 0 saturated carbocycles. The first kappa shape index (κ1) is 18.6. The lowest BCUT2D eigenvalue weighted by Crippen LogP contribution is -2.15. The first-order valence-electron chi connectivity index (χ1n) is 9.32. The number of hydrogen-bond donors (Lipinski definition) is 0. The van der Waals surface area contributed by atoms with Gasteiger partial charge in [-0.15, -0.1) is 0 Å². The number of rotatable bonds is 6. The molecule has 0 radical (unpaired) electrons. The molecule has 0 aliphatic heterocycles. The molecule has 0 amide bonds. The number of esters is 1. The van der Waals surface area contributed by atoms with E-state index in [9.17, 15) is 9.59 Å². The molecule has 0 aliphatic carbocycles. The summed E-state index contributed by atoms with van der Waals surface area (Å²) >= 11 is 0. The molecule has 0 unspecified atom stereocenters. The van der Waals surface area contributed by atoms with Crippen LogP contribution in [0.3, 0.4) is 0 Å². The van der Waals surface area contributed by atoms with E-state index in [1.807, 2.05) is 59.3 Å². The van der Waals surface area contributed by atoms with Gasteiger partial charge in [-0.05, 0) is 24.6 Å². The highest BCUT2D eigenvalue weighted by molar-refractivity contribution is 6.05. The molecule has 4 aromatic rings. The van der Waals surface area contributed by atoms with Gasteiger partial charge in [-0.25, -0.2) is 9.78 Å². The molecular formula is C22H20N4O3. The maximum atomic E-state index is 12.9. The molecule has 7 nitrogen and oxygen atoms in total. The predicted molar refractivity (Wildman–Crippen MR) is 108 cm³/mol. The van der Waals surface area contributed by atoms with Gasteiger partial charge >= 0.3 is 5.97 Å². The molecule has 4 rings (SSSR count). The van der Waals surface area contributed by atoms with E-state index in [0.717, 1.165) is 22.5 Å². The van der Waals surface area contributed by atoms with Gasteiger partial charge in [-0.1, -0.05) is 30.3 Å². The van der Waals surface area contributed by atoms with Crippen molar-refractivity contribution < 1.29 is 14.3 Å². The Morgan fingerprint density at radius 3 is 2.69 bits per heavy atom. The zero-order chi connectivity index (χ0) is 20.4. The van der Waals surface area contributed by atoms with Gasteiger partial charge in [0.1, 0.15) is 16.9 Å². The Labute approximate surface area is 167 Å². The molecule has 1 aromatic carbocycles. The van der Waals surface area contributed by atoms with Gasteiger partial charge < -0.3 is 9.14 Å². The normalized spacial score (nSPS) is 11.0. The number of carbonyl (C=O) groups excluding carboxylic acids is 2. The zero-order valence-corrected chi connectivity index (χ0v) is 16.2. The van der Waals surface area contributed by atoms with Crippen LogP contribution in [0.2, 0.25) is 0 Å². The number of Topliss-reactive ketones (excluding diaryl/α,β-unsaturated/α-hetero) is 1. The summed E-state index contributed by atoms with van der Waals surface area (Å²) in [5.74, 6) is -0.743. The molecule has 0 N–H and O–H groups in total. The minimum Gasteiger partial charge on any atom is -0.462 e. The molecule has 0 saturated heterocycles. The third-order valence-corrected chi connectivity index (χ3v) is 4.66. The van der Waals surface area contributed by atoms with Crippen LogP contribution in [-0.2, 0) is 18.2 Å². The van der Waals surface area contributed by atoms with Crippen LogP contribution in [0.4, 0.5) is 0 Å². The summed E-state index contributed by atoms with van der Waals surface area (Å²) in [7, 11) is 1.64. The van der Waals surface area contributed by atoms with E-state index in [2.05, 4.69) is 10.1 Å². The topological polar surface area (TPSA) is 78.5 Å². The fourth-order valence-electron chi connectivity index (χ4n) is 3.28. The molecule has 3 heterocycles. The van der Waals surface area contributed by atoms with Crippen LogP contribution in [0.5, 0.6) is 0 Å². The maximum Gasteiger partial charge on any atom is 0.342 e. The average Bonchev–Trinajstić information content (AvgIpc) is 3.32. The van der Waals surface area contributed by atoms with Crippen LogP contribution in [-0.4, -0.2) is 37.5 Å². The molecular weight excluding hydrogens is 368 g/mol. The fraction of sp³-hybridized carbons (Fsp3) is 0.182. The van der Waals surface area contributed by atoms with Gasteiger partial charge in [0.05, 0.1) is 18.5 Å². The number of benzene rings is 1. The Balaban J connectivity index is 1.61. The quantitative estimate of drug-likeness (QED) is 0.374. The van der Waals surface area contributed by atoms with E-state index in [0.29, 0.717) is 0 Å². The number of ketones is 1. The van der Waals surface area contributed by atoms with Crippen LogP contribution in [0.25, 0.3) is 16.9 Å². The lowest BCUT2D eigenvalue weighted by Gasteiger charge is -2.06. The van der Waals surface area contributed by atoms with Crippen molar-refractivity contribution >= 4 is 17.4 Å². The number of carbonyl (C=O) groups is 2. The monoisotopic (exact) mass is 388 g/mol. The zero-order valence-electron chi connectivity index (χ0n) is 16.2. The van der Waals surface area contributed by atoms with Crippen molar-refractivity contribution in [1.82, 2.24) is 19.2 Å². The molecule has 3 aromatic heterocycles. The summed E-state index contributed by atoms with van der Waals surface area (Å²) in [5, 5.41) is 4.05. The van der Waals surface area contributed by atoms with Gasteiger partial charge in [-0.2, -0.15) is 5.10 Å². The Morgan fingerprint density at radius 1 is 1.14 bits per heavy atom. The second-order valence-corrected chi connectivity index (χ2v) is 6.64. The molecule has 7 heteroatoms. The maximum absolute atomic E-state index is 12.9. The number of pyridine rings is 1. The SMILES string of the molecule is CCOC(=O)c1cnn(C)c1C(=O)Cc1ccn2cc(-c3ccccc3)nc2c1. The Bertz CT molecular complexity index is 1190. The summed E-state index contributed by atoms with van der Waals surface area (Å²) < 4.78 is 8.36. The Morgan fingerprint density at radius 2 is 1.93 bits per heavy atom. The molecule has 0 fully saturated rings. The van der Waals surface area contributed by atoms with Crippen molar-refractivity contribution in [3.8, 4) is 11.3 Å². The van der Waals surface area contributed by atoms with Crippen molar-refractivity contribution in [2.75, 3.05) is 6.61 Å². The van der Waals surface area contributed by atoms with Gasteiger partial charge in [-0.3, -0.25) is 9.48 Å². The molecule has 29 heavy (non-hydrogen) atoms. The van der Waals surface area contributed by atoms with Crippen molar-refractivity contribution in [2.24, 2.45) is 7.05 Å². The minimum atomic E-state index is -0.542. The van der Waals surface area contributed by atoms with Gasteiger partial charge in [0.2, 0.25) is 0 Å². The Kier molecular flexibility index (Phi) is 4.95. The van der Waals surface area contributed by atoms with Crippen LogP contribution in [0.1, 0.15) is 33.3 Å². The Hall–Kier alpha value is -3.74. The summed E-state index contributed by atoms with van der Waals surface area (Å²) in [6.07, 6.45) is 5.34. The van der Waals surface area contributed by atoms with Crippen molar-refractivity contribution in [3.05, 3.63) is 77.9 Å². The molecule has 0 bridgehead atoms. The largest absolute Gasteiger partial charge is 0.462 e. The number of imidazole rings is 1. The first-order chi connectivity index (χ1) is 14.1. The van der Waals surface area contributed by atoms with Gasteiger partial charge in [0.15, 0.2) is 5.78 Å². The van der Waals surface area contributed by atoms with E-state index < -0.39 is 5.97 Å². The molecule has 0 aliphatic rings. The second kappa shape index (κ2) is 7.71. The summed E-state index contributed by atoms with van der Waals surface area (Å²) in [6.45, 7) is 1.96. The van der Waals surface area contributed by atoms with E-state index in [4.69, 9.17) is 4.74 Å². The number of aryl methyl sites for hydroxylation is 1.